The van der Waals surface area contributed by atoms with E-state index in [2.05, 4.69) is 9.88 Å². The van der Waals surface area contributed by atoms with Gasteiger partial charge < -0.3 is 9.64 Å². The fourth-order valence-electron chi connectivity index (χ4n) is 4.55. The maximum Gasteiger partial charge on any atom is 0.265 e. The summed E-state index contributed by atoms with van der Waals surface area (Å²) in [6.07, 6.45) is 6.53. The summed E-state index contributed by atoms with van der Waals surface area (Å²) in [5.41, 5.74) is 1.31. The predicted molar refractivity (Wildman–Crippen MR) is 120 cm³/mol. The van der Waals surface area contributed by atoms with E-state index in [0.717, 1.165) is 43.4 Å². The van der Waals surface area contributed by atoms with Crippen LogP contribution < -0.4 is 10.3 Å². The van der Waals surface area contributed by atoms with Gasteiger partial charge in [0.25, 0.3) is 5.56 Å². The summed E-state index contributed by atoms with van der Waals surface area (Å²) in [4.78, 5) is 20.2. The van der Waals surface area contributed by atoms with E-state index in [1.807, 2.05) is 31.2 Å². The number of aryl methyl sites for hydroxylation is 1. The Morgan fingerprint density at radius 2 is 1.77 bits per heavy atom. The molecule has 2 aromatic carbocycles. The molecular formula is C24H26ClN3O2. The number of piperidine rings is 1. The number of hydrogen-bond acceptors (Lipinski definition) is 4. The topological polar surface area (TPSA) is 47.4 Å². The molecule has 2 heterocycles. The molecule has 1 saturated heterocycles. The van der Waals surface area contributed by atoms with Gasteiger partial charge in [-0.2, -0.15) is 0 Å². The Kier molecular flexibility index (Phi) is 5.25. The summed E-state index contributed by atoms with van der Waals surface area (Å²) in [7, 11) is 0. The Balaban J connectivity index is 1.32. The van der Waals surface area contributed by atoms with Crippen LogP contribution in [0.1, 0.15) is 37.9 Å². The highest BCUT2D eigenvalue weighted by atomic mass is 35.5. The average molecular weight is 424 g/mol. The van der Waals surface area contributed by atoms with Crippen molar-refractivity contribution in [3.63, 3.8) is 0 Å². The first kappa shape index (κ1) is 19.6. The minimum Gasteiger partial charge on any atom is -0.490 e. The van der Waals surface area contributed by atoms with Crippen LogP contribution in [-0.4, -0.2) is 39.7 Å². The Morgan fingerprint density at radius 1 is 1.03 bits per heavy atom. The van der Waals surface area contributed by atoms with E-state index < -0.39 is 0 Å². The minimum atomic E-state index is -0.0915. The van der Waals surface area contributed by atoms with Crippen LogP contribution in [-0.2, 0) is 0 Å². The molecule has 3 aromatic rings. The van der Waals surface area contributed by atoms with Gasteiger partial charge in [-0.25, -0.2) is 4.98 Å². The number of ether oxygens (including phenoxy) is 1. The van der Waals surface area contributed by atoms with Crippen molar-refractivity contribution < 1.29 is 4.74 Å². The molecule has 30 heavy (non-hydrogen) atoms. The third-order valence-corrected chi connectivity index (χ3v) is 6.70. The summed E-state index contributed by atoms with van der Waals surface area (Å²) in [6.45, 7) is 4.10. The van der Waals surface area contributed by atoms with Gasteiger partial charge in [0.2, 0.25) is 0 Å². The van der Waals surface area contributed by atoms with Crippen molar-refractivity contribution in [1.29, 1.82) is 0 Å². The zero-order valence-electron chi connectivity index (χ0n) is 17.2. The summed E-state index contributed by atoms with van der Waals surface area (Å²) in [6, 6.07) is 13.8. The van der Waals surface area contributed by atoms with Crippen molar-refractivity contribution in [1.82, 2.24) is 14.5 Å². The van der Waals surface area contributed by atoms with Crippen LogP contribution in [0.5, 0.6) is 5.75 Å². The van der Waals surface area contributed by atoms with Crippen molar-refractivity contribution in [2.45, 2.75) is 51.2 Å². The molecule has 0 radical (unpaired) electrons. The van der Waals surface area contributed by atoms with Crippen LogP contribution in [0, 0.1) is 6.92 Å². The highest BCUT2D eigenvalue weighted by Gasteiger charge is 2.29. The van der Waals surface area contributed by atoms with E-state index in [1.54, 1.807) is 22.8 Å². The molecule has 0 N–H and O–H groups in total. The predicted octanol–water partition coefficient (Wildman–Crippen LogP) is 4.74. The zero-order valence-corrected chi connectivity index (χ0v) is 17.9. The van der Waals surface area contributed by atoms with Gasteiger partial charge >= 0.3 is 0 Å². The van der Waals surface area contributed by atoms with Crippen molar-refractivity contribution in [3.05, 3.63) is 63.7 Å². The lowest BCUT2D eigenvalue weighted by atomic mass is 9.90. The molecule has 5 nitrogen and oxygen atoms in total. The Hall–Kier alpha value is -2.37. The summed E-state index contributed by atoms with van der Waals surface area (Å²) >= 11 is 6.05. The van der Waals surface area contributed by atoms with Gasteiger partial charge in [-0.15, -0.1) is 0 Å². The number of fused-ring (bicyclic) bond motifs is 1. The van der Waals surface area contributed by atoms with Gasteiger partial charge in [0.05, 0.1) is 16.6 Å². The number of benzene rings is 2. The Bertz CT molecular complexity index is 1110. The number of nitrogens with zero attached hydrogens (tertiary/aromatic N) is 3. The smallest absolute Gasteiger partial charge is 0.265 e. The van der Waals surface area contributed by atoms with Crippen LogP contribution in [0.25, 0.3) is 16.6 Å². The number of hydrogen-bond donors (Lipinski definition) is 0. The molecule has 5 rings (SSSR count). The standard InChI is InChI=1S/C24H26ClN3O2/c1-16-26-23-15-17(25)5-10-22(23)24(29)28(16)19-6-8-20(9-7-19)30-21-11-13-27(14-12-21)18-3-2-4-18/h5-10,15,18,21H,2-4,11-14H2,1H3. The van der Waals surface area contributed by atoms with Gasteiger partial charge in [0.15, 0.2) is 0 Å². The molecule has 1 aliphatic carbocycles. The number of rotatable bonds is 4. The van der Waals surface area contributed by atoms with Crippen LogP contribution in [0.2, 0.25) is 5.02 Å². The molecule has 0 bridgehead atoms. The van der Waals surface area contributed by atoms with Crippen molar-refractivity contribution in [2.75, 3.05) is 13.1 Å². The minimum absolute atomic E-state index is 0.0915. The number of aromatic nitrogens is 2. The normalized spacial score (nSPS) is 18.5. The lowest BCUT2D eigenvalue weighted by molar-refractivity contribution is 0.0493. The van der Waals surface area contributed by atoms with Crippen molar-refractivity contribution in [2.24, 2.45) is 0 Å². The molecule has 6 heteroatoms. The van der Waals surface area contributed by atoms with E-state index >= 15 is 0 Å². The van der Waals surface area contributed by atoms with E-state index in [1.165, 1.54) is 19.3 Å². The van der Waals surface area contributed by atoms with Crippen LogP contribution in [0.3, 0.4) is 0 Å². The largest absolute Gasteiger partial charge is 0.490 e. The first-order valence-corrected chi connectivity index (χ1v) is 11.2. The fraction of sp³-hybridized carbons (Fsp3) is 0.417. The average Bonchev–Trinajstić information content (AvgIpc) is 2.69. The molecule has 156 valence electrons. The summed E-state index contributed by atoms with van der Waals surface area (Å²) in [5, 5.41) is 1.13. The molecule has 0 amide bonds. The van der Waals surface area contributed by atoms with E-state index in [9.17, 15) is 4.79 Å². The molecule has 1 saturated carbocycles. The van der Waals surface area contributed by atoms with Crippen LogP contribution >= 0.6 is 11.6 Å². The first-order chi connectivity index (χ1) is 14.6. The third kappa shape index (κ3) is 3.72. The molecule has 0 unspecified atom stereocenters. The van der Waals surface area contributed by atoms with Crippen molar-refractivity contribution >= 4 is 22.5 Å². The van der Waals surface area contributed by atoms with Crippen LogP contribution in [0.4, 0.5) is 0 Å². The highest BCUT2D eigenvalue weighted by Crippen LogP contribution is 2.29. The van der Waals surface area contributed by atoms with E-state index in [0.29, 0.717) is 21.7 Å². The Morgan fingerprint density at radius 3 is 2.43 bits per heavy atom. The quantitative estimate of drug-likeness (QED) is 0.608. The van der Waals surface area contributed by atoms with E-state index in [4.69, 9.17) is 16.3 Å². The second kappa shape index (κ2) is 8.05. The van der Waals surface area contributed by atoms with Gasteiger partial charge in [-0.1, -0.05) is 18.0 Å². The highest BCUT2D eigenvalue weighted by molar-refractivity contribution is 6.31. The monoisotopic (exact) mass is 423 g/mol. The molecule has 1 aliphatic heterocycles. The Labute approximate surface area is 181 Å². The second-order valence-electron chi connectivity index (χ2n) is 8.39. The fourth-order valence-corrected chi connectivity index (χ4v) is 4.72. The zero-order chi connectivity index (χ0) is 20.7. The van der Waals surface area contributed by atoms with Crippen molar-refractivity contribution in [3.8, 4) is 11.4 Å². The summed E-state index contributed by atoms with van der Waals surface area (Å²) in [5.74, 6) is 1.49. The molecule has 1 aromatic heterocycles. The lowest BCUT2D eigenvalue weighted by Gasteiger charge is -2.41. The maximum absolute atomic E-state index is 13.0. The molecule has 2 fully saturated rings. The second-order valence-corrected chi connectivity index (χ2v) is 8.83. The molecule has 0 atom stereocenters. The maximum atomic E-state index is 13.0. The molecule has 2 aliphatic rings. The summed E-state index contributed by atoms with van der Waals surface area (Å²) < 4.78 is 7.86. The molecular weight excluding hydrogens is 398 g/mol. The number of likely N-dealkylation sites (tertiary alicyclic amines) is 1. The van der Waals surface area contributed by atoms with Gasteiger partial charge in [-0.3, -0.25) is 9.36 Å². The molecule has 0 spiro atoms. The SMILES string of the molecule is Cc1nc2cc(Cl)ccc2c(=O)n1-c1ccc(OC2CCN(C3CCC3)CC2)cc1. The number of halogens is 1. The van der Waals surface area contributed by atoms with E-state index in [-0.39, 0.29) is 11.7 Å². The lowest BCUT2D eigenvalue weighted by Crippen LogP contribution is -2.46. The van der Waals surface area contributed by atoms with Gasteiger partial charge in [-0.05, 0) is 75.1 Å². The first-order valence-electron chi connectivity index (χ1n) is 10.8. The third-order valence-electron chi connectivity index (χ3n) is 6.46. The van der Waals surface area contributed by atoms with Gasteiger partial charge in [0.1, 0.15) is 17.7 Å². The van der Waals surface area contributed by atoms with Gasteiger partial charge in [0, 0.05) is 24.2 Å². The van der Waals surface area contributed by atoms with Crippen LogP contribution in [0.15, 0.2) is 47.3 Å².